The molecule has 0 saturated heterocycles. The molecular formula is C46H33N5O2S3. The molecule has 7 nitrogen and oxygen atoms in total. The number of fused-ring (bicyclic) bond motifs is 2. The van der Waals surface area contributed by atoms with Gasteiger partial charge < -0.3 is 5.32 Å². The smallest absolute Gasteiger partial charge is 0.282 e. The van der Waals surface area contributed by atoms with Crippen LogP contribution >= 0.6 is 35.3 Å². The van der Waals surface area contributed by atoms with Gasteiger partial charge in [-0.05, 0) is 96.5 Å². The lowest BCUT2D eigenvalue weighted by Crippen LogP contribution is -2.32. The van der Waals surface area contributed by atoms with Gasteiger partial charge in [-0.3, -0.25) is 19.4 Å². The van der Waals surface area contributed by atoms with E-state index in [1.54, 1.807) is 45.1 Å². The van der Waals surface area contributed by atoms with Crippen LogP contribution in [0.2, 0.25) is 0 Å². The van der Waals surface area contributed by atoms with Crippen LogP contribution in [-0.4, -0.2) is 36.0 Å². The van der Waals surface area contributed by atoms with Crippen molar-refractivity contribution in [3.8, 4) is 0 Å². The van der Waals surface area contributed by atoms with Gasteiger partial charge in [0.1, 0.15) is 23.1 Å². The van der Waals surface area contributed by atoms with Crippen molar-refractivity contribution in [2.24, 2.45) is 9.98 Å². The number of benzene rings is 6. The van der Waals surface area contributed by atoms with Gasteiger partial charge in [-0.25, -0.2) is 9.98 Å². The second-order valence-electron chi connectivity index (χ2n) is 13.1. The summed E-state index contributed by atoms with van der Waals surface area (Å²) >= 11 is 4.94. The fourth-order valence-corrected chi connectivity index (χ4v) is 8.60. The first-order valence-corrected chi connectivity index (χ1v) is 21.1. The van der Waals surface area contributed by atoms with Gasteiger partial charge >= 0.3 is 0 Å². The maximum atomic E-state index is 14.2. The zero-order valence-corrected chi connectivity index (χ0v) is 32.8. The van der Waals surface area contributed by atoms with E-state index in [9.17, 15) is 9.59 Å². The molecule has 0 saturated carbocycles. The molecule has 3 aliphatic rings. The Bertz CT molecular complexity index is 2460. The standard InChI is InChI=1S/C46H33N5O2S3/c1-54-35-19-13-29(14-20-35)25-39-45(52)50(43(48-39)31-9-5-3-6-10-31)33-17-23-37-41(27-33)56-42-28-34(18-24-38(42)47-37)51-44(32-11-7-4-8-12-32)49-40(46(51)53)26-30-15-21-36(55-2)22-16-30/h3-28,47H,1-2H3/b39-25-,40-26-. The van der Waals surface area contributed by atoms with Crippen molar-refractivity contribution in [3.63, 3.8) is 0 Å². The van der Waals surface area contributed by atoms with E-state index in [-0.39, 0.29) is 11.8 Å². The quantitative estimate of drug-likeness (QED) is 0.122. The minimum absolute atomic E-state index is 0.196. The Kier molecular flexibility index (Phi) is 9.68. The van der Waals surface area contributed by atoms with E-state index in [1.165, 1.54) is 0 Å². The lowest BCUT2D eigenvalue weighted by atomic mass is 10.1. The van der Waals surface area contributed by atoms with Gasteiger partial charge in [-0.1, -0.05) is 96.7 Å². The van der Waals surface area contributed by atoms with Crippen LogP contribution in [-0.2, 0) is 9.59 Å². The number of aliphatic imine (C=N–C) groups is 2. The van der Waals surface area contributed by atoms with Crippen molar-refractivity contribution in [3.05, 3.63) is 179 Å². The average Bonchev–Trinajstić information content (AvgIpc) is 3.75. The molecular weight excluding hydrogens is 751 g/mol. The van der Waals surface area contributed by atoms with E-state index >= 15 is 0 Å². The number of amidine groups is 2. The summed E-state index contributed by atoms with van der Waals surface area (Å²) < 4.78 is 0. The molecule has 9 rings (SSSR count). The van der Waals surface area contributed by atoms with Crippen molar-refractivity contribution in [1.82, 2.24) is 0 Å². The summed E-state index contributed by atoms with van der Waals surface area (Å²) in [5, 5.41) is 3.57. The minimum Gasteiger partial charge on any atom is -0.354 e. The Morgan fingerprint density at radius 1 is 0.536 bits per heavy atom. The molecule has 3 heterocycles. The third-order valence-electron chi connectivity index (χ3n) is 9.56. The summed E-state index contributed by atoms with van der Waals surface area (Å²) in [5.41, 5.74) is 7.52. The third-order valence-corrected chi connectivity index (χ3v) is 12.2. The summed E-state index contributed by atoms with van der Waals surface area (Å²) in [6.07, 6.45) is 7.77. The third kappa shape index (κ3) is 6.87. The Morgan fingerprint density at radius 3 is 1.34 bits per heavy atom. The Hall–Kier alpha value is -6.07. The van der Waals surface area contributed by atoms with Gasteiger partial charge in [-0.15, -0.1) is 23.5 Å². The second kappa shape index (κ2) is 15.2. The lowest BCUT2D eigenvalue weighted by Gasteiger charge is -2.26. The van der Waals surface area contributed by atoms with Crippen LogP contribution < -0.4 is 15.1 Å². The van der Waals surface area contributed by atoms with Crippen molar-refractivity contribution in [2.75, 3.05) is 27.6 Å². The average molecular weight is 784 g/mol. The molecule has 10 heteroatoms. The number of carbonyl (C=O) groups excluding carboxylic acids is 2. The molecule has 3 aliphatic heterocycles. The number of anilines is 4. The van der Waals surface area contributed by atoms with E-state index in [0.717, 1.165) is 53.2 Å². The largest absolute Gasteiger partial charge is 0.354 e. The Morgan fingerprint density at radius 2 is 0.946 bits per heavy atom. The SMILES string of the molecule is CSc1ccc(/C=C2\N=C(c3ccccc3)N(c3ccc4c(c3)Sc3cc(N5C(=O)/C(=C/c6ccc(SC)cc6)N=C5c5ccccc5)ccc3N4)C2=O)cc1. The normalized spacial score (nSPS) is 16.2. The number of nitrogens with one attached hydrogen (secondary N) is 1. The molecule has 6 aromatic carbocycles. The predicted molar refractivity (Wildman–Crippen MR) is 234 cm³/mol. The molecule has 0 spiro atoms. The topological polar surface area (TPSA) is 77.4 Å². The fraction of sp³-hybridized carbons (Fsp3) is 0.0435. The summed E-state index contributed by atoms with van der Waals surface area (Å²) in [7, 11) is 0. The monoisotopic (exact) mass is 783 g/mol. The summed E-state index contributed by atoms with van der Waals surface area (Å²) in [5.74, 6) is 0.753. The number of hydrogen-bond donors (Lipinski definition) is 1. The highest BCUT2D eigenvalue weighted by atomic mass is 32.2. The van der Waals surface area contributed by atoms with Crippen LogP contribution in [0, 0.1) is 0 Å². The van der Waals surface area contributed by atoms with Crippen molar-refractivity contribution in [2.45, 2.75) is 19.6 Å². The molecule has 0 bridgehead atoms. The summed E-state index contributed by atoms with van der Waals surface area (Å²) in [6.45, 7) is 0. The highest BCUT2D eigenvalue weighted by Crippen LogP contribution is 2.47. The van der Waals surface area contributed by atoms with Crippen LogP contribution in [0.5, 0.6) is 0 Å². The van der Waals surface area contributed by atoms with E-state index in [1.807, 2.05) is 170 Å². The molecule has 0 radical (unpaired) electrons. The highest BCUT2D eigenvalue weighted by Gasteiger charge is 2.35. The van der Waals surface area contributed by atoms with Crippen molar-refractivity contribution in [1.29, 1.82) is 0 Å². The van der Waals surface area contributed by atoms with Crippen LogP contribution in [0.15, 0.2) is 187 Å². The number of amides is 2. The van der Waals surface area contributed by atoms with E-state index in [0.29, 0.717) is 34.4 Å². The second-order valence-corrected chi connectivity index (χ2v) is 15.9. The predicted octanol–water partition coefficient (Wildman–Crippen LogP) is 11.0. The number of hydrogen-bond acceptors (Lipinski definition) is 8. The van der Waals surface area contributed by atoms with Gasteiger partial charge in [0, 0.05) is 30.7 Å². The minimum atomic E-state index is -0.196. The van der Waals surface area contributed by atoms with Crippen LogP contribution in [0.1, 0.15) is 22.3 Å². The first-order valence-electron chi connectivity index (χ1n) is 17.9. The Balaban J connectivity index is 1.04. The molecule has 272 valence electrons. The summed E-state index contributed by atoms with van der Waals surface area (Å²) in [4.78, 5) is 45.7. The van der Waals surface area contributed by atoms with Crippen molar-refractivity contribution < 1.29 is 9.59 Å². The van der Waals surface area contributed by atoms with Gasteiger partial charge in [0.15, 0.2) is 0 Å². The number of thioether (sulfide) groups is 2. The Labute approximate surface area is 338 Å². The van der Waals surface area contributed by atoms with Crippen molar-refractivity contribution >= 4 is 93.7 Å². The summed E-state index contributed by atoms with van der Waals surface area (Å²) in [6, 6.07) is 47.7. The van der Waals surface area contributed by atoms with Crippen LogP contribution in [0.3, 0.4) is 0 Å². The van der Waals surface area contributed by atoms with Crippen LogP contribution in [0.4, 0.5) is 22.7 Å². The first-order chi connectivity index (χ1) is 27.4. The van der Waals surface area contributed by atoms with Gasteiger partial charge in [0.2, 0.25) is 0 Å². The number of rotatable bonds is 8. The zero-order valence-electron chi connectivity index (χ0n) is 30.3. The molecule has 6 aromatic rings. The molecule has 56 heavy (non-hydrogen) atoms. The molecule has 0 fully saturated rings. The molecule has 1 N–H and O–H groups in total. The van der Waals surface area contributed by atoms with E-state index in [4.69, 9.17) is 9.98 Å². The van der Waals surface area contributed by atoms with E-state index < -0.39 is 0 Å². The lowest BCUT2D eigenvalue weighted by molar-refractivity contribution is -0.114. The molecule has 0 unspecified atom stereocenters. The molecule has 0 aliphatic carbocycles. The zero-order chi connectivity index (χ0) is 38.2. The van der Waals surface area contributed by atoms with E-state index in [2.05, 4.69) is 5.32 Å². The number of nitrogens with zero attached hydrogens (tertiary/aromatic N) is 4. The maximum Gasteiger partial charge on any atom is 0.282 e. The molecule has 0 atom stereocenters. The fourth-order valence-electron chi connectivity index (χ4n) is 6.73. The van der Waals surface area contributed by atoms with Gasteiger partial charge in [0.05, 0.1) is 22.7 Å². The highest BCUT2D eigenvalue weighted by molar-refractivity contribution is 7.99. The van der Waals surface area contributed by atoms with Gasteiger partial charge in [-0.2, -0.15) is 0 Å². The number of carbonyl (C=O) groups is 2. The molecule has 0 aromatic heterocycles. The molecule has 2 amide bonds. The van der Waals surface area contributed by atoms with Crippen LogP contribution in [0.25, 0.3) is 12.2 Å². The maximum absolute atomic E-state index is 14.2. The van der Waals surface area contributed by atoms with Gasteiger partial charge in [0.25, 0.3) is 11.8 Å². The first kappa shape index (κ1) is 35.6.